The first-order chi connectivity index (χ1) is 10.6. The Kier molecular flexibility index (Phi) is 4.11. The number of hydrogen-bond donors (Lipinski definition) is 0. The standard InChI is InChI=1S/C16H20N2O4/c1-11-8-13(2-5-15(11)18(20)21)16(19)17(14-3-4-14)9-12-6-7-22-10-12/h2,5,8,12,14H,3-4,6-7,9-10H2,1H3. The lowest BCUT2D eigenvalue weighted by Gasteiger charge is -2.25. The number of carbonyl (C=O) groups is 1. The molecule has 1 aromatic rings. The van der Waals surface area contributed by atoms with E-state index in [0.29, 0.717) is 23.1 Å². The van der Waals surface area contributed by atoms with E-state index < -0.39 is 4.92 Å². The summed E-state index contributed by atoms with van der Waals surface area (Å²) < 4.78 is 5.39. The molecule has 6 heteroatoms. The van der Waals surface area contributed by atoms with Gasteiger partial charge in [-0.15, -0.1) is 0 Å². The molecule has 22 heavy (non-hydrogen) atoms. The molecule has 1 unspecified atom stereocenters. The summed E-state index contributed by atoms with van der Waals surface area (Å²) >= 11 is 0. The van der Waals surface area contributed by atoms with Crippen molar-refractivity contribution in [3.05, 3.63) is 39.4 Å². The SMILES string of the molecule is Cc1cc(C(=O)N(CC2CCOC2)C2CC2)ccc1[N+](=O)[O-]. The van der Waals surface area contributed by atoms with E-state index in [1.54, 1.807) is 19.1 Å². The summed E-state index contributed by atoms with van der Waals surface area (Å²) in [4.78, 5) is 25.2. The zero-order valence-electron chi connectivity index (χ0n) is 12.7. The molecule has 1 saturated carbocycles. The molecule has 1 atom stereocenters. The van der Waals surface area contributed by atoms with E-state index in [-0.39, 0.29) is 11.6 Å². The second-order valence-electron chi connectivity index (χ2n) is 6.18. The summed E-state index contributed by atoms with van der Waals surface area (Å²) in [6.07, 6.45) is 3.09. The van der Waals surface area contributed by atoms with Crippen LogP contribution in [0.2, 0.25) is 0 Å². The van der Waals surface area contributed by atoms with Crippen LogP contribution in [0.4, 0.5) is 5.69 Å². The number of benzene rings is 1. The largest absolute Gasteiger partial charge is 0.381 e. The topological polar surface area (TPSA) is 72.7 Å². The van der Waals surface area contributed by atoms with Crippen LogP contribution in [-0.2, 0) is 4.74 Å². The van der Waals surface area contributed by atoms with Crippen LogP contribution in [0.3, 0.4) is 0 Å². The highest BCUT2D eigenvalue weighted by Crippen LogP contribution is 2.31. The van der Waals surface area contributed by atoms with E-state index in [0.717, 1.165) is 39.0 Å². The second-order valence-corrected chi connectivity index (χ2v) is 6.18. The Morgan fingerprint density at radius 2 is 2.18 bits per heavy atom. The molecule has 3 rings (SSSR count). The third-order valence-electron chi connectivity index (χ3n) is 4.37. The molecular weight excluding hydrogens is 284 g/mol. The fourth-order valence-electron chi connectivity index (χ4n) is 2.95. The highest BCUT2D eigenvalue weighted by molar-refractivity contribution is 5.95. The van der Waals surface area contributed by atoms with Crippen LogP contribution in [-0.4, -0.2) is 41.5 Å². The predicted octanol–water partition coefficient (Wildman–Crippen LogP) is 2.54. The Bertz CT molecular complexity index is 592. The van der Waals surface area contributed by atoms with Gasteiger partial charge in [0.15, 0.2) is 0 Å². The van der Waals surface area contributed by atoms with Gasteiger partial charge < -0.3 is 9.64 Å². The van der Waals surface area contributed by atoms with Gasteiger partial charge in [0.1, 0.15) is 0 Å². The molecule has 0 radical (unpaired) electrons. The van der Waals surface area contributed by atoms with Crippen LogP contribution in [0.25, 0.3) is 0 Å². The Labute approximate surface area is 129 Å². The summed E-state index contributed by atoms with van der Waals surface area (Å²) in [7, 11) is 0. The van der Waals surface area contributed by atoms with Crippen molar-refractivity contribution >= 4 is 11.6 Å². The highest BCUT2D eigenvalue weighted by atomic mass is 16.6. The maximum atomic E-state index is 12.8. The van der Waals surface area contributed by atoms with Crippen LogP contribution < -0.4 is 0 Å². The summed E-state index contributed by atoms with van der Waals surface area (Å²) in [5, 5.41) is 10.9. The number of hydrogen-bond acceptors (Lipinski definition) is 4. The molecule has 1 aliphatic heterocycles. The van der Waals surface area contributed by atoms with Crippen molar-refractivity contribution in [1.29, 1.82) is 0 Å². The first kappa shape index (κ1) is 15.0. The molecule has 0 bridgehead atoms. The van der Waals surface area contributed by atoms with Gasteiger partial charge in [0, 0.05) is 42.3 Å². The van der Waals surface area contributed by atoms with Crippen molar-refractivity contribution in [1.82, 2.24) is 4.90 Å². The third kappa shape index (κ3) is 3.11. The molecule has 118 valence electrons. The van der Waals surface area contributed by atoms with Crippen LogP contribution >= 0.6 is 0 Å². The highest BCUT2D eigenvalue weighted by Gasteiger charge is 2.35. The molecular formula is C16H20N2O4. The van der Waals surface area contributed by atoms with Crippen molar-refractivity contribution in [2.45, 2.75) is 32.2 Å². The third-order valence-corrected chi connectivity index (χ3v) is 4.37. The maximum Gasteiger partial charge on any atom is 0.272 e. The molecule has 1 saturated heterocycles. The number of ether oxygens (including phenoxy) is 1. The zero-order chi connectivity index (χ0) is 15.7. The molecule has 2 fully saturated rings. The minimum absolute atomic E-state index is 0.0209. The molecule has 1 heterocycles. The van der Waals surface area contributed by atoms with Gasteiger partial charge in [-0.3, -0.25) is 14.9 Å². The average molecular weight is 304 g/mol. The van der Waals surface area contributed by atoms with E-state index in [2.05, 4.69) is 0 Å². The summed E-state index contributed by atoms with van der Waals surface area (Å²) in [5.74, 6) is 0.385. The predicted molar refractivity (Wildman–Crippen MR) is 80.8 cm³/mol. The number of nitro benzene ring substituents is 1. The van der Waals surface area contributed by atoms with Gasteiger partial charge in [0.25, 0.3) is 11.6 Å². The van der Waals surface area contributed by atoms with Crippen LogP contribution in [0.1, 0.15) is 35.2 Å². The van der Waals surface area contributed by atoms with Gasteiger partial charge in [0.2, 0.25) is 0 Å². The first-order valence-electron chi connectivity index (χ1n) is 7.70. The average Bonchev–Trinajstić information content (AvgIpc) is 3.20. The van der Waals surface area contributed by atoms with Gasteiger partial charge in [-0.1, -0.05) is 0 Å². The molecule has 0 spiro atoms. The maximum absolute atomic E-state index is 12.8. The van der Waals surface area contributed by atoms with Crippen LogP contribution in [0, 0.1) is 23.0 Å². The first-order valence-corrected chi connectivity index (χ1v) is 7.70. The van der Waals surface area contributed by atoms with E-state index in [1.165, 1.54) is 6.07 Å². The molecule has 6 nitrogen and oxygen atoms in total. The molecule has 0 N–H and O–H groups in total. The molecule has 1 amide bonds. The van der Waals surface area contributed by atoms with Crippen molar-refractivity contribution in [2.24, 2.45) is 5.92 Å². The normalized spacial score (nSPS) is 20.9. The van der Waals surface area contributed by atoms with Gasteiger partial charge in [-0.05, 0) is 38.3 Å². The number of rotatable bonds is 5. The Hall–Kier alpha value is -1.95. The Balaban J connectivity index is 1.77. The van der Waals surface area contributed by atoms with Crippen molar-refractivity contribution in [3.63, 3.8) is 0 Å². The second kappa shape index (κ2) is 6.04. The fraction of sp³-hybridized carbons (Fsp3) is 0.562. The van der Waals surface area contributed by atoms with Crippen molar-refractivity contribution in [3.8, 4) is 0 Å². The smallest absolute Gasteiger partial charge is 0.272 e. The van der Waals surface area contributed by atoms with Gasteiger partial charge in [-0.2, -0.15) is 0 Å². The summed E-state index contributed by atoms with van der Waals surface area (Å²) in [6.45, 7) is 3.88. The molecule has 1 aromatic carbocycles. The number of nitrogens with zero attached hydrogens (tertiary/aromatic N) is 2. The summed E-state index contributed by atoms with van der Waals surface area (Å²) in [5.41, 5.74) is 1.11. The molecule has 0 aromatic heterocycles. The Morgan fingerprint density at radius 3 is 2.73 bits per heavy atom. The van der Waals surface area contributed by atoms with Crippen LogP contribution in [0.15, 0.2) is 18.2 Å². The van der Waals surface area contributed by atoms with Crippen LogP contribution in [0.5, 0.6) is 0 Å². The van der Waals surface area contributed by atoms with Crippen molar-refractivity contribution in [2.75, 3.05) is 19.8 Å². The van der Waals surface area contributed by atoms with Gasteiger partial charge in [0.05, 0.1) is 11.5 Å². The lowest BCUT2D eigenvalue weighted by Crippen LogP contribution is -2.37. The van der Waals surface area contributed by atoms with E-state index >= 15 is 0 Å². The monoisotopic (exact) mass is 304 g/mol. The minimum Gasteiger partial charge on any atom is -0.381 e. The molecule has 2 aliphatic rings. The van der Waals surface area contributed by atoms with Gasteiger partial charge in [-0.25, -0.2) is 0 Å². The van der Waals surface area contributed by atoms with E-state index in [4.69, 9.17) is 4.74 Å². The zero-order valence-corrected chi connectivity index (χ0v) is 12.7. The Morgan fingerprint density at radius 1 is 1.41 bits per heavy atom. The lowest BCUT2D eigenvalue weighted by molar-refractivity contribution is -0.385. The van der Waals surface area contributed by atoms with Crippen molar-refractivity contribution < 1.29 is 14.5 Å². The number of amides is 1. The summed E-state index contributed by atoms with van der Waals surface area (Å²) in [6, 6.07) is 4.94. The number of aryl methyl sites for hydroxylation is 1. The fourth-order valence-corrected chi connectivity index (χ4v) is 2.95. The minimum atomic E-state index is -0.419. The van der Waals surface area contributed by atoms with E-state index in [1.807, 2.05) is 4.90 Å². The number of nitro groups is 1. The molecule has 1 aliphatic carbocycles. The lowest BCUT2D eigenvalue weighted by atomic mass is 10.1. The number of carbonyl (C=O) groups excluding carboxylic acids is 1. The van der Waals surface area contributed by atoms with Gasteiger partial charge >= 0.3 is 0 Å². The quantitative estimate of drug-likeness (QED) is 0.619. The van der Waals surface area contributed by atoms with E-state index in [9.17, 15) is 14.9 Å².